The van der Waals surface area contributed by atoms with E-state index in [-0.39, 0.29) is 5.78 Å². The minimum absolute atomic E-state index is 0.0922. The molecule has 0 aliphatic heterocycles. The van der Waals surface area contributed by atoms with Gasteiger partial charge in [0, 0.05) is 28.0 Å². The maximum atomic E-state index is 11.5. The van der Waals surface area contributed by atoms with Gasteiger partial charge in [-0.15, -0.1) is 11.3 Å². The van der Waals surface area contributed by atoms with E-state index in [1.54, 1.807) is 11.3 Å². The summed E-state index contributed by atoms with van der Waals surface area (Å²) in [6, 6.07) is 7.93. The molecule has 0 N–H and O–H groups in total. The summed E-state index contributed by atoms with van der Waals surface area (Å²) in [5.41, 5.74) is 1.22. The van der Waals surface area contributed by atoms with Crippen LogP contribution in [-0.2, 0) is 9.63 Å². The van der Waals surface area contributed by atoms with Gasteiger partial charge in [0.1, 0.15) is 7.11 Å². The summed E-state index contributed by atoms with van der Waals surface area (Å²) in [4.78, 5) is 16.2. The average molecular weight is 233 g/mol. The van der Waals surface area contributed by atoms with E-state index in [2.05, 4.69) is 5.16 Å². The number of oxime groups is 1. The molecule has 0 aliphatic rings. The highest BCUT2D eigenvalue weighted by Gasteiger charge is 2.14. The summed E-state index contributed by atoms with van der Waals surface area (Å²) in [5, 5.41) is 6.76. The second kappa shape index (κ2) is 4.45. The average Bonchev–Trinajstić information content (AvgIpc) is 2.69. The molecule has 0 saturated heterocycles. The van der Waals surface area contributed by atoms with Crippen molar-refractivity contribution in [3.05, 3.63) is 35.2 Å². The number of hydrogen-bond acceptors (Lipinski definition) is 4. The Kier molecular flexibility index (Phi) is 3.01. The van der Waals surface area contributed by atoms with E-state index < -0.39 is 0 Å². The Morgan fingerprint density at radius 1 is 1.38 bits per heavy atom. The van der Waals surface area contributed by atoms with Crippen molar-refractivity contribution in [2.45, 2.75) is 6.92 Å². The quantitative estimate of drug-likeness (QED) is 0.604. The van der Waals surface area contributed by atoms with Gasteiger partial charge in [0.25, 0.3) is 0 Å². The molecule has 3 nitrogen and oxygen atoms in total. The predicted molar refractivity (Wildman–Crippen MR) is 66.1 cm³/mol. The lowest BCUT2D eigenvalue weighted by Crippen LogP contribution is -2.11. The molecule has 0 spiro atoms. The minimum Gasteiger partial charge on any atom is -0.399 e. The molecule has 2 aromatic rings. The van der Waals surface area contributed by atoms with Crippen molar-refractivity contribution in [2.75, 3.05) is 7.11 Å². The summed E-state index contributed by atoms with van der Waals surface area (Å²) >= 11 is 1.60. The van der Waals surface area contributed by atoms with Gasteiger partial charge in [-0.1, -0.05) is 23.4 Å². The lowest BCUT2D eigenvalue weighted by atomic mass is 10.1. The van der Waals surface area contributed by atoms with Crippen LogP contribution in [0.5, 0.6) is 0 Å². The van der Waals surface area contributed by atoms with E-state index in [0.29, 0.717) is 5.71 Å². The second-order valence-electron chi connectivity index (χ2n) is 3.32. The van der Waals surface area contributed by atoms with Crippen LogP contribution in [0.1, 0.15) is 12.5 Å². The second-order valence-corrected chi connectivity index (χ2v) is 4.24. The van der Waals surface area contributed by atoms with Gasteiger partial charge in [0.05, 0.1) is 0 Å². The molecule has 16 heavy (non-hydrogen) atoms. The normalized spacial score (nSPS) is 11.8. The fourth-order valence-electron chi connectivity index (χ4n) is 1.56. The third-order valence-electron chi connectivity index (χ3n) is 2.25. The standard InChI is InChI=1S/C12H11NO2S/c1-8(14)12(13-15-2)10-7-16-11-6-4-3-5-9(10)11/h3-7H,1-2H3/b13-12-. The maximum absolute atomic E-state index is 11.5. The van der Waals surface area contributed by atoms with Crippen molar-refractivity contribution in [1.29, 1.82) is 0 Å². The molecule has 0 radical (unpaired) electrons. The van der Waals surface area contributed by atoms with Gasteiger partial charge in [-0.05, 0) is 6.07 Å². The largest absolute Gasteiger partial charge is 0.399 e. The first-order valence-electron chi connectivity index (χ1n) is 4.82. The molecule has 0 amide bonds. The summed E-state index contributed by atoms with van der Waals surface area (Å²) in [7, 11) is 1.44. The van der Waals surface area contributed by atoms with Gasteiger partial charge in [-0.2, -0.15) is 0 Å². The van der Waals surface area contributed by atoms with Crippen molar-refractivity contribution in [3.8, 4) is 0 Å². The number of nitrogens with zero attached hydrogens (tertiary/aromatic N) is 1. The van der Waals surface area contributed by atoms with Crippen molar-refractivity contribution in [3.63, 3.8) is 0 Å². The first kappa shape index (κ1) is 10.8. The molecule has 1 aromatic heterocycles. The molecule has 1 heterocycles. The predicted octanol–water partition coefficient (Wildman–Crippen LogP) is 2.84. The fourth-order valence-corrected chi connectivity index (χ4v) is 2.50. The molecule has 82 valence electrons. The van der Waals surface area contributed by atoms with E-state index in [1.807, 2.05) is 29.6 Å². The number of fused-ring (bicyclic) bond motifs is 1. The highest BCUT2D eigenvalue weighted by Crippen LogP contribution is 2.26. The molecule has 0 aliphatic carbocycles. The monoisotopic (exact) mass is 233 g/mol. The van der Waals surface area contributed by atoms with E-state index in [0.717, 1.165) is 15.6 Å². The third kappa shape index (κ3) is 1.84. The first-order chi connectivity index (χ1) is 7.74. The van der Waals surface area contributed by atoms with Crippen LogP contribution in [0.25, 0.3) is 10.1 Å². The number of Topliss-reactive ketones (excluding diaryl/α,β-unsaturated/α-hetero) is 1. The number of thiophene rings is 1. The van der Waals surface area contributed by atoms with Crippen LogP contribution in [0, 0.1) is 0 Å². The van der Waals surface area contributed by atoms with Crippen LogP contribution in [-0.4, -0.2) is 18.6 Å². The Bertz CT molecular complexity index is 557. The summed E-state index contributed by atoms with van der Waals surface area (Å²) in [5.74, 6) is -0.0922. The Balaban J connectivity index is 2.62. The number of ketones is 1. The van der Waals surface area contributed by atoms with Crippen molar-refractivity contribution in [2.24, 2.45) is 5.16 Å². The molecule has 2 rings (SSSR count). The highest BCUT2D eigenvalue weighted by atomic mass is 32.1. The smallest absolute Gasteiger partial charge is 0.182 e. The maximum Gasteiger partial charge on any atom is 0.182 e. The van der Waals surface area contributed by atoms with Crippen LogP contribution < -0.4 is 0 Å². The van der Waals surface area contributed by atoms with Crippen molar-refractivity contribution in [1.82, 2.24) is 0 Å². The topological polar surface area (TPSA) is 38.7 Å². The Morgan fingerprint density at radius 2 is 2.12 bits per heavy atom. The molecule has 0 fully saturated rings. The molecular weight excluding hydrogens is 222 g/mol. The van der Waals surface area contributed by atoms with E-state index in [1.165, 1.54) is 14.0 Å². The molecule has 4 heteroatoms. The number of carbonyl (C=O) groups excluding carboxylic acids is 1. The Labute approximate surface area is 97.3 Å². The highest BCUT2D eigenvalue weighted by molar-refractivity contribution is 7.17. The van der Waals surface area contributed by atoms with Gasteiger partial charge in [-0.25, -0.2) is 0 Å². The molecule has 0 atom stereocenters. The van der Waals surface area contributed by atoms with Crippen molar-refractivity contribution < 1.29 is 9.63 Å². The first-order valence-corrected chi connectivity index (χ1v) is 5.70. The zero-order valence-corrected chi connectivity index (χ0v) is 9.88. The summed E-state index contributed by atoms with van der Waals surface area (Å²) in [6.07, 6.45) is 0. The van der Waals surface area contributed by atoms with Crippen LogP contribution in [0.3, 0.4) is 0 Å². The molecule has 1 aromatic carbocycles. The van der Waals surface area contributed by atoms with Crippen LogP contribution in [0.15, 0.2) is 34.8 Å². The van der Waals surface area contributed by atoms with E-state index in [4.69, 9.17) is 4.84 Å². The van der Waals surface area contributed by atoms with Gasteiger partial charge in [-0.3, -0.25) is 4.79 Å². The third-order valence-corrected chi connectivity index (χ3v) is 3.22. The Morgan fingerprint density at radius 3 is 2.81 bits per heavy atom. The van der Waals surface area contributed by atoms with Crippen molar-refractivity contribution >= 4 is 32.9 Å². The molecule has 0 saturated carbocycles. The lowest BCUT2D eigenvalue weighted by molar-refractivity contribution is -0.111. The molecule has 0 bridgehead atoms. The summed E-state index contributed by atoms with van der Waals surface area (Å²) in [6.45, 7) is 1.49. The number of hydrogen-bond donors (Lipinski definition) is 0. The number of rotatable bonds is 3. The lowest BCUT2D eigenvalue weighted by Gasteiger charge is -1.99. The zero-order chi connectivity index (χ0) is 11.5. The number of carbonyl (C=O) groups is 1. The minimum atomic E-state index is -0.0922. The zero-order valence-electron chi connectivity index (χ0n) is 9.06. The molecular formula is C12H11NO2S. The van der Waals surface area contributed by atoms with E-state index >= 15 is 0 Å². The van der Waals surface area contributed by atoms with Crippen LogP contribution in [0.4, 0.5) is 0 Å². The summed E-state index contributed by atoms with van der Waals surface area (Å²) < 4.78 is 1.14. The van der Waals surface area contributed by atoms with Gasteiger partial charge >= 0.3 is 0 Å². The number of benzene rings is 1. The van der Waals surface area contributed by atoms with E-state index in [9.17, 15) is 4.79 Å². The van der Waals surface area contributed by atoms with Crippen LogP contribution >= 0.6 is 11.3 Å². The fraction of sp³-hybridized carbons (Fsp3) is 0.167. The van der Waals surface area contributed by atoms with Gasteiger partial charge in [0.2, 0.25) is 0 Å². The molecule has 0 unspecified atom stereocenters. The van der Waals surface area contributed by atoms with Gasteiger partial charge < -0.3 is 4.84 Å². The SMILES string of the molecule is CO/N=C(/C(C)=O)c1csc2ccccc12. The van der Waals surface area contributed by atoms with Gasteiger partial charge in [0.15, 0.2) is 11.5 Å². The van der Waals surface area contributed by atoms with Crippen LogP contribution in [0.2, 0.25) is 0 Å². The Hall–Kier alpha value is -1.68.